The quantitative estimate of drug-likeness (QED) is 0.170. The topological polar surface area (TPSA) is 63.7 Å². The number of halogens is 4. The zero-order valence-electron chi connectivity index (χ0n) is 20.9. The fourth-order valence-corrected chi connectivity index (χ4v) is 4.60. The van der Waals surface area contributed by atoms with Gasteiger partial charge in [-0.3, -0.25) is 4.79 Å². The summed E-state index contributed by atoms with van der Waals surface area (Å²) in [6.45, 7) is 1.40. The van der Waals surface area contributed by atoms with Crippen LogP contribution in [0.1, 0.15) is 21.5 Å². The Morgan fingerprint density at radius 2 is 1.72 bits per heavy atom. The molecule has 0 aliphatic rings. The number of benzene rings is 3. The second-order valence-electron chi connectivity index (χ2n) is 8.52. The fraction of sp³-hybridized carbons (Fsp3) is 0.214. The second kappa shape index (κ2) is 12.7. The molecule has 0 unspecified atom stereocenters. The number of hydrogen-bond acceptors (Lipinski definition) is 6. The molecule has 1 aromatic heterocycles. The van der Waals surface area contributed by atoms with Gasteiger partial charge in [-0.2, -0.15) is 0 Å². The number of ether oxygens (including phenoxy) is 2. The molecule has 39 heavy (non-hydrogen) atoms. The molecular weight excluding hydrogens is 534 g/mol. The molecule has 0 saturated carbocycles. The fourth-order valence-electron chi connectivity index (χ4n) is 3.77. The zero-order valence-corrected chi connectivity index (χ0v) is 21.7. The number of aromatic nitrogens is 1. The molecule has 0 saturated heterocycles. The Balaban J connectivity index is 1.57. The first-order chi connectivity index (χ1) is 18.7. The van der Waals surface area contributed by atoms with E-state index in [1.54, 1.807) is 37.4 Å². The van der Waals surface area contributed by atoms with Crippen LogP contribution >= 0.6 is 11.3 Å². The van der Waals surface area contributed by atoms with E-state index in [-0.39, 0.29) is 24.0 Å². The first kappa shape index (κ1) is 28.1. The molecule has 4 aromatic rings. The maximum atomic E-state index is 13.4. The van der Waals surface area contributed by atoms with Gasteiger partial charge in [0.15, 0.2) is 5.13 Å². The number of carbonyl (C=O) groups is 1. The SMILES string of the molecule is COCCNC(=O)c1ccc(CN(Cc2cccc(OC(F)(F)F)c2)c2nc(-c3ccc(F)cc3)cs2)cc1. The summed E-state index contributed by atoms with van der Waals surface area (Å²) in [5, 5.41) is 5.23. The summed E-state index contributed by atoms with van der Waals surface area (Å²) >= 11 is 1.36. The monoisotopic (exact) mass is 559 g/mol. The molecule has 6 nitrogen and oxygen atoms in total. The molecule has 1 N–H and O–H groups in total. The Bertz CT molecular complexity index is 1380. The summed E-state index contributed by atoms with van der Waals surface area (Å²) in [6, 6.07) is 18.8. The highest BCUT2D eigenvalue weighted by molar-refractivity contribution is 7.14. The number of hydrogen-bond donors (Lipinski definition) is 1. The molecule has 0 bridgehead atoms. The maximum absolute atomic E-state index is 13.4. The van der Waals surface area contributed by atoms with Crippen LogP contribution < -0.4 is 15.0 Å². The second-order valence-corrected chi connectivity index (χ2v) is 9.36. The van der Waals surface area contributed by atoms with Crippen molar-refractivity contribution in [2.75, 3.05) is 25.2 Å². The van der Waals surface area contributed by atoms with E-state index in [2.05, 4.69) is 10.1 Å². The van der Waals surface area contributed by atoms with Crippen LogP contribution in [-0.4, -0.2) is 37.5 Å². The lowest BCUT2D eigenvalue weighted by Crippen LogP contribution is -2.27. The lowest BCUT2D eigenvalue weighted by atomic mass is 10.1. The van der Waals surface area contributed by atoms with Crippen LogP contribution in [0.15, 0.2) is 78.2 Å². The van der Waals surface area contributed by atoms with Crippen molar-refractivity contribution in [3.8, 4) is 17.0 Å². The Morgan fingerprint density at radius 3 is 2.41 bits per heavy atom. The molecule has 3 aromatic carbocycles. The van der Waals surface area contributed by atoms with Crippen molar-refractivity contribution in [2.24, 2.45) is 0 Å². The van der Waals surface area contributed by atoms with E-state index >= 15 is 0 Å². The predicted octanol–water partition coefficient (Wildman–Crippen LogP) is 6.43. The maximum Gasteiger partial charge on any atom is 0.573 e. The van der Waals surface area contributed by atoms with E-state index in [0.717, 1.165) is 11.1 Å². The average molecular weight is 560 g/mol. The standard InChI is InChI=1S/C28H25F4N3O3S/c1-37-14-13-33-26(36)22-7-5-19(6-8-22)16-35(17-20-3-2-4-24(15-20)38-28(30,31)32)27-34-25(18-39-27)21-9-11-23(29)12-10-21/h2-12,15,18H,13-14,16-17H2,1H3,(H,33,36). The van der Waals surface area contributed by atoms with Crippen molar-refractivity contribution in [3.63, 3.8) is 0 Å². The van der Waals surface area contributed by atoms with Gasteiger partial charge in [-0.25, -0.2) is 9.37 Å². The number of nitrogens with one attached hydrogen (secondary N) is 1. The minimum atomic E-state index is -4.80. The van der Waals surface area contributed by atoms with E-state index in [9.17, 15) is 22.4 Å². The van der Waals surface area contributed by atoms with Gasteiger partial charge in [0.25, 0.3) is 5.91 Å². The van der Waals surface area contributed by atoms with Gasteiger partial charge in [-0.05, 0) is 59.7 Å². The number of thiazole rings is 1. The molecule has 0 spiro atoms. The Hall–Kier alpha value is -3.96. The number of alkyl halides is 3. The van der Waals surface area contributed by atoms with Gasteiger partial charge in [0.1, 0.15) is 11.6 Å². The molecule has 0 fully saturated rings. The first-order valence-electron chi connectivity index (χ1n) is 11.9. The highest BCUT2D eigenvalue weighted by atomic mass is 32.1. The van der Waals surface area contributed by atoms with Crippen LogP contribution in [0.25, 0.3) is 11.3 Å². The minimum absolute atomic E-state index is 0.221. The van der Waals surface area contributed by atoms with Crippen molar-refractivity contribution in [1.29, 1.82) is 0 Å². The summed E-state index contributed by atoms with van der Waals surface area (Å²) in [4.78, 5) is 18.9. The van der Waals surface area contributed by atoms with Crippen molar-refractivity contribution in [3.05, 3.63) is 101 Å². The van der Waals surface area contributed by atoms with Gasteiger partial charge in [-0.15, -0.1) is 24.5 Å². The summed E-state index contributed by atoms with van der Waals surface area (Å²) in [7, 11) is 1.55. The molecule has 11 heteroatoms. The Morgan fingerprint density at radius 1 is 1.00 bits per heavy atom. The molecular formula is C28H25F4N3O3S. The van der Waals surface area contributed by atoms with Crippen molar-refractivity contribution < 1.29 is 31.8 Å². The predicted molar refractivity (Wildman–Crippen MR) is 141 cm³/mol. The summed E-state index contributed by atoms with van der Waals surface area (Å²) < 4.78 is 60.7. The van der Waals surface area contributed by atoms with Gasteiger partial charge < -0.3 is 19.7 Å². The summed E-state index contributed by atoms with van der Waals surface area (Å²) in [5.41, 5.74) is 3.33. The van der Waals surface area contributed by atoms with Gasteiger partial charge in [0.2, 0.25) is 0 Å². The number of rotatable bonds is 11. The molecule has 1 heterocycles. The van der Waals surface area contributed by atoms with Crippen LogP contribution in [-0.2, 0) is 17.8 Å². The van der Waals surface area contributed by atoms with Crippen LogP contribution in [0.5, 0.6) is 5.75 Å². The van der Waals surface area contributed by atoms with E-state index in [0.29, 0.717) is 41.6 Å². The van der Waals surface area contributed by atoms with Crippen LogP contribution in [0.3, 0.4) is 0 Å². The Kier molecular flexibility index (Phi) is 9.15. The largest absolute Gasteiger partial charge is 0.573 e. The Labute approximate surface area is 226 Å². The molecule has 0 aliphatic heterocycles. The molecule has 0 radical (unpaired) electrons. The summed E-state index contributed by atoms with van der Waals surface area (Å²) in [5.74, 6) is -0.886. The van der Waals surface area contributed by atoms with Crippen molar-refractivity contribution in [2.45, 2.75) is 19.5 Å². The number of amides is 1. The highest BCUT2D eigenvalue weighted by Crippen LogP contribution is 2.31. The number of anilines is 1. The van der Waals surface area contributed by atoms with Crippen LogP contribution in [0.4, 0.5) is 22.7 Å². The average Bonchev–Trinajstić information content (AvgIpc) is 3.39. The van der Waals surface area contributed by atoms with Crippen LogP contribution in [0, 0.1) is 5.82 Å². The van der Waals surface area contributed by atoms with Gasteiger partial charge in [0.05, 0.1) is 12.3 Å². The first-order valence-corrected chi connectivity index (χ1v) is 12.8. The van der Waals surface area contributed by atoms with E-state index in [1.165, 1.54) is 41.7 Å². The minimum Gasteiger partial charge on any atom is -0.406 e. The molecule has 0 aliphatic carbocycles. The smallest absolute Gasteiger partial charge is 0.406 e. The normalized spacial score (nSPS) is 11.3. The van der Waals surface area contributed by atoms with Gasteiger partial charge in [0, 0.05) is 43.3 Å². The molecule has 204 valence electrons. The zero-order chi connectivity index (χ0) is 27.8. The third-order valence-electron chi connectivity index (χ3n) is 5.59. The highest BCUT2D eigenvalue weighted by Gasteiger charge is 2.31. The van der Waals surface area contributed by atoms with E-state index in [1.807, 2.05) is 22.4 Å². The number of nitrogens with zero attached hydrogens (tertiary/aromatic N) is 2. The number of methoxy groups -OCH3 is 1. The number of carbonyl (C=O) groups excluding carboxylic acids is 1. The van der Waals surface area contributed by atoms with Crippen LogP contribution in [0.2, 0.25) is 0 Å². The molecule has 1 amide bonds. The summed E-state index contributed by atoms with van der Waals surface area (Å²) in [6.07, 6.45) is -4.80. The third-order valence-corrected chi connectivity index (χ3v) is 6.49. The van der Waals surface area contributed by atoms with E-state index in [4.69, 9.17) is 9.72 Å². The third kappa shape index (κ3) is 8.26. The lowest BCUT2D eigenvalue weighted by Gasteiger charge is -2.23. The van der Waals surface area contributed by atoms with Crippen molar-refractivity contribution >= 4 is 22.4 Å². The van der Waals surface area contributed by atoms with Gasteiger partial charge >= 0.3 is 6.36 Å². The lowest BCUT2D eigenvalue weighted by molar-refractivity contribution is -0.274. The van der Waals surface area contributed by atoms with E-state index < -0.39 is 6.36 Å². The molecule has 0 atom stereocenters. The molecule has 4 rings (SSSR count). The van der Waals surface area contributed by atoms with Crippen molar-refractivity contribution in [1.82, 2.24) is 10.3 Å². The van der Waals surface area contributed by atoms with Gasteiger partial charge in [-0.1, -0.05) is 24.3 Å².